The number of ether oxygens (including phenoxy) is 3. The van der Waals surface area contributed by atoms with Gasteiger partial charge in [0.1, 0.15) is 11.4 Å². The van der Waals surface area contributed by atoms with Gasteiger partial charge in [0.15, 0.2) is 17.2 Å². The molecule has 0 atom stereocenters. The summed E-state index contributed by atoms with van der Waals surface area (Å²) in [4.78, 5) is 13.1. The molecule has 13 nitrogen and oxygen atoms in total. The van der Waals surface area contributed by atoms with Gasteiger partial charge in [0.05, 0.1) is 26.5 Å². The zero-order chi connectivity index (χ0) is 25.7. The third kappa shape index (κ3) is 4.80. The monoisotopic (exact) mass is 492 g/mol. The van der Waals surface area contributed by atoms with Crippen molar-refractivity contribution < 1.29 is 23.6 Å². The molecule has 0 bridgehead atoms. The van der Waals surface area contributed by atoms with Gasteiger partial charge in [-0.15, -0.1) is 5.10 Å². The SMILES string of the molecule is CCOc1ccc(-c2c(C(=O)N/N=C(\C)c3ccc(OC)c(OC)c3)nnn2-c2nonc2N)cc1. The molecule has 0 radical (unpaired) electrons. The van der Waals surface area contributed by atoms with E-state index in [1.165, 1.54) is 4.68 Å². The highest BCUT2D eigenvalue weighted by Gasteiger charge is 2.25. The molecule has 13 heteroatoms. The zero-order valence-electron chi connectivity index (χ0n) is 20.1. The third-order valence-corrected chi connectivity index (χ3v) is 5.15. The molecule has 2 aromatic carbocycles. The molecule has 3 N–H and O–H groups in total. The number of rotatable bonds is 9. The summed E-state index contributed by atoms with van der Waals surface area (Å²) in [5, 5.41) is 19.7. The Morgan fingerprint density at radius 3 is 2.50 bits per heavy atom. The van der Waals surface area contributed by atoms with Crippen LogP contribution in [0.4, 0.5) is 5.82 Å². The van der Waals surface area contributed by atoms with E-state index in [2.05, 4.69) is 31.2 Å². The quantitative estimate of drug-likeness (QED) is 0.262. The van der Waals surface area contributed by atoms with Crippen LogP contribution in [0.1, 0.15) is 29.9 Å². The van der Waals surface area contributed by atoms with Gasteiger partial charge in [-0.25, -0.2) is 10.1 Å². The fourth-order valence-corrected chi connectivity index (χ4v) is 3.37. The molecule has 0 spiro atoms. The van der Waals surface area contributed by atoms with E-state index in [0.717, 1.165) is 5.56 Å². The van der Waals surface area contributed by atoms with Gasteiger partial charge in [-0.3, -0.25) is 4.79 Å². The molecular formula is C23H24N8O5. The molecule has 186 valence electrons. The van der Waals surface area contributed by atoms with Gasteiger partial charge in [-0.05, 0) is 66.6 Å². The van der Waals surface area contributed by atoms with Gasteiger partial charge < -0.3 is 19.9 Å². The summed E-state index contributed by atoms with van der Waals surface area (Å²) < 4.78 is 22.1. The number of hydrogen-bond acceptors (Lipinski definition) is 11. The summed E-state index contributed by atoms with van der Waals surface area (Å²) in [6.07, 6.45) is 0. The lowest BCUT2D eigenvalue weighted by Gasteiger charge is -2.10. The van der Waals surface area contributed by atoms with E-state index < -0.39 is 5.91 Å². The summed E-state index contributed by atoms with van der Waals surface area (Å²) in [5.74, 6) is 1.27. The number of nitrogens with zero attached hydrogens (tertiary/aromatic N) is 6. The number of anilines is 1. The Morgan fingerprint density at radius 2 is 1.86 bits per heavy atom. The smallest absolute Gasteiger partial charge is 0.294 e. The standard InChI is InChI=1S/C23H24N8O5/c1-5-35-16-9-6-14(7-10-16)20-19(26-30-31(20)22-21(24)28-36-29-22)23(32)27-25-13(2)15-8-11-17(33-3)18(12-15)34-4/h6-12H,5H2,1-4H3,(H2,24,28)(H,27,32)/b25-13+. The number of nitrogens with one attached hydrogen (secondary N) is 1. The first kappa shape index (κ1) is 24.2. The van der Waals surface area contributed by atoms with Crippen molar-refractivity contribution in [3.63, 3.8) is 0 Å². The zero-order valence-corrected chi connectivity index (χ0v) is 20.1. The Labute approximate surface area is 205 Å². The van der Waals surface area contributed by atoms with Gasteiger partial charge >= 0.3 is 0 Å². The molecule has 0 aliphatic heterocycles. The summed E-state index contributed by atoms with van der Waals surface area (Å²) in [6, 6.07) is 12.4. The molecule has 0 aliphatic carbocycles. The molecule has 4 rings (SSSR count). The van der Waals surface area contributed by atoms with Crippen molar-refractivity contribution in [2.24, 2.45) is 5.10 Å². The normalized spacial score (nSPS) is 11.3. The van der Waals surface area contributed by atoms with Crippen molar-refractivity contribution in [1.29, 1.82) is 0 Å². The first-order chi connectivity index (χ1) is 17.5. The number of methoxy groups -OCH3 is 2. The molecule has 36 heavy (non-hydrogen) atoms. The fourth-order valence-electron chi connectivity index (χ4n) is 3.37. The van der Waals surface area contributed by atoms with Crippen LogP contribution in [0, 0.1) is 0 Å². The molecule has 1 amide bonds. The van der Waals surface area contributed by atoms with Gasteiger partial charge in [0.2, 0.25) is 11.6 Å². The highest BCUT2D eigenvalue weighted by molar-refractivity contribution is 6.02. The van der Waals surface area contributed by atoms with Crippen LogP contribution >= 0.6 is 0 Å². The molecule has 4 aromatic rings. The largest absolute Gasteiger partial charge is 0.494 e. The van der Waals surface area contributed by atoms with Gasteiger partial charge in [0.25, 0.3) is 5.91 Å². The maximum absolute atomic E-state index is 13.1. The first-order valence-corrected chi connectivity index (χ1v) is 10.8. The number of carbonyl (C=O) groups is 1. The maximum Gasteiger partial charge on any atom is 0.294 e. The van der Waals surface area contributed by atoms with Crippen LogP contribution in [0.15, 0.2) is 52.2 Å². The Hall–Kier alpha value is -4.94. The number of aromatic nitrogens is 5. The molecule has 0 unspecified atom stereocenters. The number of hydrogen-bond donors (Lipinski definition) is 2. The second-order valence-corrected chi connectivity index (χ2v) is 7.34. The van der Waals surface area contributed by atoms with E-state index in [4.69, 9.17) is 24.6 Å². The average Bonchev–Trinajstić information content (AvgIpc) is 3.53. The Bertz CT molecular complexity index is 1390. The molecule has 0 saturated heterocycles. The maximum atomic E-state index is 13.1. The van der Waals surface area contributed by atoms with E-state index in [9.17, 15) is 4.79 Å². The van der Waals surface area contributed by atoms with Crippen molar-refractivity contribution in [1.82, 2.24) is 30.7 Å². The average molecular weight is 492 g/mol. The lowest BCUT2D eigenvalue weighted by Crippen LogP contribution is -2.21. The summed E-state index contributed by atoms with van der Waals surface area (Å²) in [6.45, 7) is 4.15. The van der Waals surface area contributed by atoms with Gasteiger partial charge in [-0.1, -0.05) is 5.21 Å². The minimum atomic E-state index is -0.597. The lowest BCUT2D eigenvalue weighted by atomic mass is 10.1. The predicted molar refractivity (Wildman–Crippen MR) is 129 cm³/mol. The van der Waals surface area contributed by atoms with Gasteiger partial charge in [0, 0.05) is 11.1 Å². The van der Waals surface area contributed by atoms with Crippen molar-refractivity contribution in [2.75, 3.05) is 26.6 Å². The molecule has 2 aromatic heterocycles. The molecule has 2 heterocycles. The van der Waals surface area contributed by atoms with E-state index in [1.54, 1.807) is 63.6 Å². The van der Waals surface area contributed by atoms with E-state index in [0.29, 0.717) is 40.8 Å². The number of benzene rings is 2. The van der Waals surface area contributed by atoms with E-state index >= 15 is 0 Å². The van der Waals surface area contributed by atoms with Crippen molar-refractivity contribution >= 4 is 17.4 Å². The number of carbonyl (C=O) groups excluding carboxylic acids is 1. The predicted octanol–water partition coefficient (Wildman–Crippen LogP) is 2.47. The van der Waals surface area contributed by atoms with Crippen LogP contribution in [0.3, 0.4) is 0 Å². The highest BCUT2D eigenvalue weighted by atomic mass is 16.6. The minimum absolute atomic E-state index is 0.00887. The Kier molecular flexibility index (Phi) is 7.09. The lowest BCUT2D eigenvalue weighted by molar-refractivity contribution is 0.0950. The number of nitrogens with two attached hydrogens (primary N) is 1. The summed E-state index contributed by atoms with van der Waals surface area (Å²) in [5.41, 5.74) is 10.6. The van der Waals surface area contributed by atoms with Crippen molar-refractivity contribution in [2.45, 2.75) is 13.8 Å². The van der Waals surface area contributed by atoms with Crippen LogP contribution in [0.5, 0.6) is 17.2 Å². The second-order valence-electron chi connectivity index (χ2n) is 7.34. The van der Waals surface area contributed by atoms with Crippen LogP contribution in [-0.4, -0.2) is 57.8 Å². The number of nitrogen functional groups attached to an aromatic ring is 1. The minimum Gasteiger partial charge on any atom is -0.494 e. The topological polar surface area (TPSA) is 165 Å². The second kappa shape index (κ2) is 10.5. The van der Waals surface area contributed by atoms with Crippen LogP contribution < -0.4 is 25.4 Å². The Balaban J connectivity index is 1.67. The Morgan fingerprint density at radius 1 is 1.11 bits per heavy atom. The summed E-state index contributed by atoms with van der Waals surface area (Å²) in [7, 11) is 3.09. The van der Waals surface area contributed by atoms with Crippen molar-refractivity contribution in [3.05, 3.63) is 53.7 Å². The van der Waals surface area contributed by atoms with E-state index in [1.807, 2.05) is 6.92 Å². The fraction of sp³-hybridized carbons (Fsp3) is 0.217. The third-order valence-electron chi connectivity index (χ3n) is 5.15. The molecule has 0 fully saturated rings. The van der Waals surface area contributed by atoms with Crippen LogP contribution in [0.2, 0.25) is 0 Å². The van der Waals surface area contributed by atoms with Crippen LogP contribution in [0.25, 0.3) is 17.1 Å². The highest BCUT2D eigenvalue weighted by Crippen LogP contribution is 2.29. The van der Waals surface area contributed by atoms with Crippen LogP contribution in [-0.2, 0) is 0 Å². The molecule has 0 aliphatic rings. The van der Waals surface area contributed by atoms with Crippen molar-refractivity contribution in [3.8, 4) is 34.3 Å². The van der Waals surface area contributed by atoms with E-state index in [-0.39, 0.29) is 17.3 Å². The molecule has 0 saturated carbocycles. The molecular weight excluding hydrogens is 468 g/mol. The number of hydrazone groups is 1. The summed E-state index contributed by atoms with van der Waals surface area (Å²) >= 11 is 0. The van der Waals surface area contributed by atoms with Gasteiger partial charge in [-0.2, -0.15) is 9.78 Å². The number of amides is 1. The first-order valence-electron chi connectivity index (χ1n) is 10.8.